The molecule has 152 valence electrons. The molecule has 0 aliphatic rings. The van der Waals surface area contributed by atoms with Crippen molar-refractivity contribution in [1.82, 2.24) is 4.57 Å². The number of fused-ring (bicyclic) bond motifs is 1. The van der Waals surface area contributed by atoms with Gasteiger partial charge in [-0.25, -0.2) is 0 Å². The minimum atomic E-state index is -0.468. The van der Waals surface area contributed by atoms with E-state index in [0.29, 0.717) is 21.9 Å². The second-order valence-electron chi connectivity index (χ2n) is 6.46. The molecule has 0 saturated carbocycles. The molecule has 0 radical (unpaired) electrons. The summed E-state index contributed by atoms with van der Waals surface area (Å²) < 4.78 is 18.0. The van der Waals surface area contributed by atoms with E-state index in [4.69, 9.17) is 14.2 Å². The molecule has 0 bridgehead atoms. The zero-order valence-electron chi connectivity index (χ0n) is 16.9. The number of rotatable bonds is 5. The number of hydrogen-bond donors (Lipinski definition) is 0. The van der Waals surface area contributed by atoms with E-state index in [0.717, 1.165) is 21.3 Å². The molecule has 8 heteroatoms. The average molecular weight is 414 g/mol. The summed E-state index contributed by atoms with van der Waals surface area (Å²) >= 11 is 1.35. The van der Waals surface area contributed by atoms with Crippen molar-refractivity contribution in [1.29, 1.82) is 0 Å². The normalized spacial score (nSPS) is 11.6. The maximum atomic E-state index is 12.9. The number of ether oxygens (including phenoxy) is 3. The molecule has 0 aliphatic carbocycles. The van der Waals surface area contributed by atoms with Crippen LogP contribution in [0.15, 0.2) is 35.3 Å². The minimum Gasteiger partial charge on any atom is -0.497 e. The van der Waals surface area contributed by atoms with Crippen LogP contribution in [0.2, 0.25) is 0 Å². The van der Waals surface area contributed by atoms with E-state index in [1.54, 1.807) is 22.8 Å². The molecule has 0 saturated heterocycles. The zero-order valence-corrected chi connectivity index (χ0v) is 17.8. The summed E-state index contributed by atoms with van der Waals surface area (Å²) in [7, 11) is 4.35. The molecule has 0 aliphatic heterocycles. The lowest BCUT2D eigenvalue weighted by atomic mass is 10.1. The molecular formula is C21H22N2O5S. The molecule has 0 N–H and O–H groups in total. The first-order chi connectivity index (χ1) is 13.9. The highest BCUT2D eigenvalue weighted by Gasteiger charge is 2.17. The summed E-state index contributed by atoms with van der Waals surface area (Å²) in [5.74, 6) is 0.0579. The number of benzene rings is 2. The maximum Gasteiger partial charge on any atom is 0.325 e. The van der Waals surface area contributed by atoms with Gasteiger partial charge in [-0.3, -0.25) is 9.59 Å². The van der Waals surface area contributed by atoms with Crippen molar-refractivity contribution in [2.24, 2.45) is 4.99 Å². The molecule has 1 heterocycles. The summed E-state index contributed by atoms with van der Waals surface area (Å²) in [4.78, 5) is 29.6. The lowest BCUT2D eigenvalue weighted by molar-refractivity contribution is -0.141. The number of esters is 1. The number of aromatic nitrogens is 1. The van der Waals surface area contributed by atoms with Gasteiger partial charge in [-0.15, -0.1) is 0 Å². The zero-order chi connectivity index (χ0) is 21.1. The largest absolute Gasteiger partial charge is 0.497 e. The van der Waals surface area contributed by atoms with E-state index in [2.05, 4.69) is 4.99 Å². The van der Waals surface area contributed by atoms with Gasteiger partial charge in [0.2, 0.25) is 0 Å². The molecule has 2 aromatic carbocycles. The van der Waals surface area contributed by atoms with Crippen molar-refractivity contribution < 1.29 is 23.8 Å². The molecule has 0 spiro atoms. The second kappa shape index (κ2) is 8.48. The Morgan fingerprint density at radius 2 is 1.83 bits per heavy atom. The summed E-state index contributed by atoms with van der Waals surface area (Å²) in [6.45, 7) is 3.93. The van der Waals surface area contributed by atoms with Gasteiger partial charge in [0.05, 0.1) is 37.1 Å². The SMILES string of the molecule is COC(=O)Cn1c(=NC(=O)c2ccc(OC)cc2OC)sc2cc(C)cc(C)c21. The number of nitrogens with zero attached hydrogens (tertiary/aromatic N) is 2. The van der Waals surface area contributed by atoms with Crippen LogP contribution in [0.5, 0.6) is 11.5 Å². The highest BCUT2D eigenvalue weighted by Crippen LogP contribution is 2.26. The van der Waals surface area contributed by atoms with Gasteiger partial charge in [-0.1, -0.05) is 17.4 Å². The number of carbonyl (C=O) groups is 2. The fraction of sp³-hybridized carbons (Fsp3) is 0.286. The van der Waals surface area contributed by atoms with Gasteiger partial charge in [0, 0.05) is 6.07 Å². The monoisotopic (exact) mass is 414 g/mol. The molecule has 3 rings (SSSR count). The van der Waals surface area contributed by atoms with Crippen LogP contribution in [-0.4, -0.2) is 37.8 Å². The number of hydrogen-bond acceptors (Lipinski definition) is 6. The van der Waals surface area contributed by atoms with Gasteiger partial charge in [-0.2, -0.15) is 4.99 Å². The Morgan fingerprint density at radius 3 is 2.48 bits per heavy atom. The molecule has 1 aromatic heterocycles. The van der Waals surface area contributed by atoms with E-state index in [-0.39, 0.29) is 6.54 Å². The molecular weight excluding hydrogens is 392 g/mol. The number of thiazole rings is 1. The summed E-state index contributed by atoms with van der Waals surface area (Å²) in [6.07, 6.45) is 0. The third-order valence-corrected chi connectivity index (χ3v) is 5.49. The van der Waals surface area contributed by atoms with Gasteiger partial charge in [0.15, 0.2) is 4.80 Å². The average Bonchev–Trinajstić information content (AvgIpc) is 3.03. The smallest absolute Gasteiger partial charge is 0.325 e. The molecule has 3 aromatic rings. The summed E-state index contributed by atoms with van der Waals surface area (Å²) in [6, 6.07) is 8.95. The molecule has 7 nitrogen and oxygen atoms in total. The lowest BCUT2D eigenvalue weighted by Gasteiger charge is -2.08. The molecule has 0 fully saturated rings. The third-order valence-electron chi connectivity index (χ3n) is 4.46. The lowest BCUT2D eigenvalue weighted by Crippen LogP contribution is -2.22. The van der Waals surface area contributed by atoms with E-state index in [1.165, 1.54) is 32.7 Å². The van der Waals surface area contributed by atoms with Crippen LogP contribution in [0.1, 0.15) is 21.5 Å². The van der Waals surface area contributed by atoms with Crippen molar-refractivity contribution in [2.75, 3.05) is 21.3 Å². The first kappa shape index (κ1) is 20.6. The van der Waals surface area contributed by atoms with Crippen molar-refractivity contribution in [2.45, 2.75) is 20.4 Å². The Bertz CT molecular complexity index is 1160. The Balaban J connectivity index is 2.19. The molecule has 1 amide bonds. The molecule has 0 atom stereocenters. The van der Waals surface area contributed by atoms with Crippen molar-refractivity contribution in [3.8, 4) is 11.5 Å². The van der Waals surface area contributed by atoms with Gasteiger partial charge < -0.3 is 18.8 Å². The Kier molecular flexibility index (Phi) is 6.03. The summed E-state index contributed by atoms with van der Waals surface area (Å²) in [5, 5.41) is 0. The Hall–Kier alpha value is -3.13. The van der Waals surface area contributed by atoms with Crippen LogP contribution in [0.3, 0.4) is 0 Å². The van der Waals surface area contributed by atoms with Gasteiger partial charge >= 0.3 is 5.97 Å². The summed E-state index contributed by atoms with van der Waals surface area (Å²) in [5.41, 5.74) is 3.26. The fourth-order valence-electron chi connectivity index (χ4n) is 3.14. The van der Waals surface area contributed by atoms with Crippen LogP contribution in [0.25, 0.3) is 10.2 Å². The fourth-order valence-corrected chi connectivity index (χ4v) is 4.34. The predicted molar refractivity (Wildman–Crippen MR) is 111 cm³/mol. The quantitative estimate of drug-likeness (QED) is 0.599. The minimum absolute atomic E-state index is 0.0355. The van der Waals surface area contributed by atoms with Crippen LogP contribution in [0.4, 0.5) is 0 Å². The topological polar surface area (TPSA) is 79.1 Å². The first-order valence-electron chi connectivity index (χ1n) is 8.86. The van der Waals surface area contributed by atoms with Crippen LogP contribution >= 0.6 is 11.3 Å². The van der Waals surface area contributed by atoms with Crippen molar-refractivity contribution >= 4 is 33.4 Å². The highest BCUT2D eigenvalue weighted by atomic mass is 32.1. The first-order valence-corrected chi connectivity index (χ1v) is 9.68. The number of methoxy groups -OCH3 is 3. The van der Waals surface area contributed by atoms with E-state index in [1.807, 2.05) is 26.0 Å². The van der Waals surface area contributed by atoms with Crippen LogP contribution in [-0.2, 0) is 16.1 Å². The Labute approximate surface area is 172 Å². The standard InChI is InChI=1S/C21H22N2O5S/c1-12-8-13(2)19-17(9-12)29-21(23(19)11-18(24)28-5)22-20(25)15-7-6-14(26-3)10-16(15)27-4/h6-10H,11H2,1-5H3. The number of carbonyl (C=O) groups excluding carboxylic acids is 2. The number of amides is 1. The Morgan fingerprint density at radius 1 is 1.07 bits per heavy atom. The third kappa shape index (κ3) is 4.17. The van der Waals surface area contributed by atoms with Crippen molar-refractivity contribution in [3.63, 3.8) is 0 Å². The second-order valence-corrected chi connectivity index (χ2v) is 7.47. The molecule has 29 heavy (non-hydrogen) atoms. The van der Waals surface area contributed by atoms with Crippen LogP contribution in [0, 0.1) is 13.8 Å². The van der Waals surface area contributed by atoms with E-state index < -0.39 is 11.9 Å². The molecule has 0 unspecified atom stereocenters. The van der Waals surface area contributed by atoms with Gasteiger partial charge in [0.25, 0.3) is 5.91 Å². The van der Waals surface area contributed by atoms with Gasteiger partial charge in [0.1, 0.15) is 18.0 Å². The van der Waals surface area contributed by atoms with Crippen LogP contribution < -0.4 is 14.3 Å². The highest BCUT2D eigenvalue weighted by molar-refractivity contribution is 7.16. The van der Waals surface area contributed by atoms with E-state index in [9.17, 15) is 9.59 Å². The van der Waals surface area contributed by atoms with Gasteiger partial charge in [-0.05, 0) is 43.2 Å². The maximum absolute atomic E-state index is 12.9. The van der Waals surface area contributed by atoms with Crippen molar-refractivity contribution in [3.05, 3.63) is 51.8 Å². The predicted octanol–water partition coefficient (Wildman–Crippen LogP) is 3.25. The number of aryl methyl sites for hydroxylation is 2. The van der Waals surface area contributed by atoms with E-state index >= 15 is 0 Å².